The van der Waals surface area contributed by atoms with Gasteiger partial charge in [0.2, 0.25) is 5.96 Å². The maximum absolute atomic E-state index is 12.1. The summed E-state index contributed by atoms with van der Waals surface area (Å²) in [5, 5.41) is 3.85. The number of hydrogen-bond acceptors (Lipinski definition) is 3. The van der Waals surface area contributed by atoms with Gasteiger partial charge in [-0.25, -0.2) is 4.99 Å². The zero-order valence-corrected chi connectivity index (χ0v) is 13.0. The number of nitrogens with zero attached hydrogens (tertiary/aromatic N) is 2. The summed E-state index contributed by atoms with van der Waals surface area (Å²) in [5.74, 6) is 0.574. The Kier molecular flexibility index (Phi) is 4.11. The van der Waals surface area contributed by atoms with Crippen molar-refractivity contribution in [2.75, 3.05) is 11.9 Å². The van der Waals surface area contributed by atoms with Gasteiger partial charge in [-0.3, -0.25) is 9.69 Å². The van der Waals surface area contributed by atoms with E-state index in [-0.39, 0.29) is 12.5 Å². The van der Waals surface area contributed by atoms with Crippen molar-refractivity contribution in [1.82, 2.24) is 4.90 Å². The minimum absolute atomic E-state index is 0.00274. The number of nitrogens with one attached hydrogen (secondary N) is 1. The van der Waals surface area contributed by atoms with Crippen LogP contribution < -0.4 is 5.32 Å². The molecule has 1 N–H and O–H groups in total. The normalized spacial score (nSPS) is 14.2. The molecule has 0 saturated heterocycles. The predicted octanol–water partition coefficient (Wildman–Crippen LogP) is 3.46. The Balaban J connectivity index is 1.74. The molecule has 1 heterocycles. The first kappa shape index (κ1) is 14.6. The van der Waals surface area contributed by atoms with Crippen molar-refractivity contribution in [3.05, 3.63) is 64.7 Å². The number of benzene rings is 2. The first-order chi connectivity index (χ1) is 10.6. The van der Waals surface area contributed by atoms with E-state index in [9.17, 15) is 4.79 Å². The molecule has 3 rings (SSSR count). The number of anilines is 1. The van der Waals surface area contributed by atoms with Crippen LogP contribution in [0.15, 0.2) is 53.5 Å². The molecule has 112 valence electrons. The van der Waals surface area contributed by atoms with Gasteiger partial charge >= 0.3 is 0 Å². The van der Waals surface area contributed by atoms with Crippen LogP contribution in [0.3, 0.4) is 0 Å². The van der Waals surface area contributed by atoms with E-state index in [1.54, 1.807) is 17.0 Å². The van der Waals surface area contributed by atoms with Crippen LogP contribution in [0.1, 0.15) is 11.1 Å². The number of aryl methyl sites for hydroxylation is 1. The number of aliphatic imine (C=N–C) groups is 1. The molecule has 22 heavy (non-hydrogen) atoms. The number of hydrogen-bond donors (Lipinski definition) is 1. The third kappa shape index (κ3) is 3.28. The first-order valence-corrected chi connectivity index (χ1v) is 7.42. The van der Waals surface area contributed by atoms with Crippen molar-refractivity contribution < 1.29 is 4.79 Å². The third-order valence-electron chi connectivity index (χ3n) is 3.48. The highest BCUT2D eigenvalue weighted by Crippen LogP contribution is 2.17. The van der Waals surface area contributed by atoms with Gasteiger partial charge in [-0.15, -0.1) is 0 Å². The van der Waals surface area contributed by atoms with Gasteiger partial charge in [-0.05, 0) is 36.8 Å². The van der Waals surface area contributed by atoms with Gasteiger partial charge in [0.25, 0.3) is 5.91 Å². The highest BCUT2D eigenvalue weighted by atomic mass is 35.5. The Morgan fingerprint density at radius 3 is 2.50 bits per heavy atom. The molecule has 5 heteroatoms. The molecular formula is C17H16ClN3O. The average molecular weight is 314 g/mol. The molecule has 2 aromatic rings. The van der Waals surface area contributed by atoms with Crippen molar-refractivity contribution in [2.24, 2.45) is 4.99 Å². The van der Waals surface area contributed by atoms with Crippen LogP contribution in [0.25, 0.3) is 0 Å². The Labute approximate surface area is 134 Å². The maximum atomic E-state index is 12.1. The van der Waals surface area contributed by atoms with E-state index >= 15 is 0 Å². The number of carbonyl (C=O) groups is 1. The van der Waals surface area contributed by atoms with Crippen LogP contribution in [-0.4, -0.2) is 23.3 Å². The van der Waals surface area contributed by atoms with Gasteiger partial charge in [-0.2, -0.15) is 0 Å². The SMILES string of the molecule is Cc1ccc(CN2C(=O)CN=C2Nc2ccc(Cl)cc2)cc1. The lowest BCUT2D eigenvalue weighted by Gasteiger charge is -2.19. The fourth-order valence-corrected chi connectivity index (χ4v) is 2.37. The lowest BCUT2D eigenvalue weighted by atomic mass is 10.1. The second kappa shape index (κ2) is 6.20. The molecule has 1 aliphatic heterocycles. The van der Waals surface area contributed by atoms with Crippen LogP contribution in [0.4, 0.5) is 5.69 Å². The molecule has 1 amide bonds. The lowest BCUT2D eigenvalue weighted by Crippen LogP contribution is -2.36. The third-order valence-corrected chi connectivity index (χ3v) is 3.73. The summed E-state index contributed by atoms with van der Waals surface area (Å²) in [5.41, 5.74) is 3.13. The van der Waals surface area contributed by atoms with Gasteiger partial charge in [0.15, 0.2) is 0 Å². The summed E-state index contributed by atoms with van der Waals surface area (Å²) >= 11 is 5.88. The molecule has 0 aromatic heterocycles. The van der Waals surface area contributed by atoms with Crippen LogP contribution in [0.5, 0.6) is 0 Å². The molecule has 0 saturated carbocycles. The smallest absolute Gasteiger partial charge is 0.251 e. The van der Waals surface area contributed by atoms with Crippen molar-refractivity contribution in [1.29, 1.82) is 0 Å². The van der Waals surface area contributed by atoms with Gasteiger partial charge in [0.05, 0.1) is 6.54 Å². The number of carbonyl (C=O) groups excluding carboxylic acids is 1. The molecular weight excluding hydrogens is 298 g/mol. The van der Waals surface area contributed by atoms with Gasteiger partial charge < -0.3 is 5.32 Å². The van der Waals surface area contributed by atoms with E-state index in [0.717, 1.165) is 11.3 Å². The van der Waals surface area contributed by atoms with Crippen molar-refractivity contribution in [3.63, 3.8) is 0 Å². The number of amides is 1. The van der Waals surface area contributed by atoms with E-state index in [2.05, 4.69) is 10.3 Å². The van der Waals surface area contributed by atoms with Gasteiger partial charge in [-0.1, -0.05) is 41.4 Å². The number of rotatable bonds is 3. The average Bonchev–Trinajstić information content (AvgIpc) is 2.85. The Bertz CT molecular complexity index is 708. The quantitative estimate of drug-likeness (QED) is 0.943. The highest BCUT2D eigenvalue weighted by molar-refractivity contribution is 6.30. The molecule has 0 spiro atoms. The Morgan fingerprint density at radius 2 is 1.82 bits per heavy atom. The zero-order chi connectivity index (χ0) is 15.5. The van der Waals surface area contributed by atoms with Crippen LogP contribution in [0, 0.1) is 6.92 Å². The van der Waals surface area contributed by atoms with E-state index in [1.165, 1.54) is 5.56 Å². The van der Waals surface area contributed by atoms with E-state index < -0.39 is 0 Å². The first-order valence-electron chi connectivity index (χ1n) is 7.05. The molecule has 4 nitrogen and oxygen atoms in total. The van der Waals surface area contributed by atoms with E-state index in [0.29, 0.717) is 17.5 Å². The minimum atomic E-state index is -0.00274. The lowest BCUT2D eigenvalue weighted by molar-refractivity contribution is -0.125. The second-order valence-electron chi connectivity index (χ2n) is 5.24. The molecule has 1 aliphatic rings. The van der Waals surface area contributed by atoms with Crippen molar-refractivity contribution in [2.45, 2.75) is 13.5 Å². The van der Waals surface area contributed by atoms with Gasteiger partial charge in [0, 0.05) is 10.7 Å². The fraction of sp³-hybridized carbons (Fsp3) is 0.176. The molecule has 2 aromatic carbocycles. The predicted molar refractivity (Wildman–Crippen MR) is 89.1 cm³/mol. The van der Waals surface area contributed by atoms with Crippen molar-refractivity contribution >= 4 is 29.2 Å². The fourth-order valence-electron chi connectivity index (χ4n) is 2.24. The standard InChI is InChI=1S/C17H16ClN3O/c1-12-2-4-13(5-3-12)11-21-16(22)10-19-17(21)20-15-8-6-14(18)7-9-15/h2-9H,10-11H2,1H3,(H,19,20). The largest absolute Gasteiger partial charge is 0.326 e. The summed E-state index contributed by atoms with van der Waals surface area (Å²) in [6, 6.07) is 15.5. The summed E-state index contributed by atoms with van der Waals surface area (Å²) < 4.78 is 0. The molecule has 0 bridgehead atoms. The second-order valence-corrected chi connectivity index (χ2v) is 5.67. The van der Waals surface area contributed by atoms with Crippen LogP contribution in [-0.2, 0) is 11.3 Å². The molecule has 0 atom stereocenters. The Morgan fingerprint density at radius 1 is 1.14 bits per heavy atom. The van der Waals surface area contributed by atoms with Crippen LogP contribution >= 0.6 is 11.6 Å². The summed E-state index contributed by atoms with van der Waals surface area (Å²) in [4.78, 5) is 18.0. The summed E-state index contributed by atoms with van der Waals surface area (Å²) in [6.07, 6.45) is 0. The summed E-state index contributed by atoms with van der Waals surface area (Å²) in [7, 11) is 0. The van der Waals surface area contributed by atoms with Gasteiger partial charge in [0.1, 0.15) is 6.54 Å². The van der Waals surface area contributed by atoms with E-state index in [4.69, 9.17) is 11.6 Å². The molecule has 0 fully saturated rings. The monoisotopic (exact) mass is 313 g/mol. The van der Waals surface area contributed by atoms with E-state index in [1.807, 2.05) is 43.3 Å². The molecule has 0 aliphatic carbocycles. The maximum Gasteiger partial charge on any atom is 0.251 e. The number of guanidine groups is 1. The molecule has 0 unspecified atom stereocenters. The molecule has 0 radical (unpaired) electrons. The van der Waals surface area contributed by atoms with Crippen LogP contribution in [0.2, 0.25) is 5.02 Å². The topological polar surface area (TPSA) is 44.7 Å². The minimum Gasteiger partial charge on any atom is -0.326 e. The number of halogens is 1. The Hall–Kier alpha value is -2.33. The highest BCUT2D eigenvalue weighted by Gasteiger charge is 2.25. The zero-order valence-electron chi connectivity index (χ0n) is 12.2. The summed E-state index contributed by atoms with van der Waals surface area (Å²) in [6.45, 7) is 2.74. The van der Waals surface area contributed by atoms with Crippen molar-refractivity contribution in [3.8, 4) is 0 Å².